The van der Waals surface area contributed by atoms with E-state index < -0.39 is 0 Å². The topological polar surface area (TPSA) is 34.1 Å². The highest BCUT2D eigenvalue weighted by molar-refractivity contribution is 5.83. The van der Waals surface area contributed by atoms with Crippen molar-refractivity contribution in [3.63, 3.8) is 0 Å². The van der Waals surface area contributed by atoms with Crippen LogP contribution in [0.1, 0.15) is 0 Å². The van der Waals surface area contributed by atoms with Crippen LogP contribution in [-0.4, -0.2) is 18.1 Å². The van der Waals surface area contributed by atoms with Crippen LogP contribution in [0.5, 0.6) is 5.75 Å². The summed E-state index contributed by atoms with van der Waals surface area (Å²) in [5.41, 5.74) is 0. The van der Waals surface area contributed by atoms with Gasteiger partial charge in [-0.15, -0.1) is 0 Å². The minimum Gasteiger partial charge on any atom is -0.492 e. The molecule has 1 heterocycles. The summed E-state index contributed by atoms with van der Waals surface area (Å²) in [5, 5.41) is 5.64. The normalized spacial score (nSPS) is 10.4. The van der Waals surface area contributed by atoms with Crippen LogP contribution in [0.2, 0.25) is 0 Å². The molecule has 3 rings (SSSR count). The highest BCUT2D eigenvalue weighted by Crippen LogP contribution is 2.20. The monoisotopic (exact) mass is 264 g/mol. The van der Waals surface area contributed by atoms with Gasteiger partial charge >= 0.3 is 0 Å². The first-order chi connectivity index (χ1) is 9.92. The minimum absolute atomic E-state index is 0.606. The summed E-state index contributed by atoms with van der Waals surface area (Å²) in [6, 6.07) is 20.2. The van der Waals surface area contributed by atoms with Gasteiger partial charge in [-0.05, 0) is 35.0 Å². The molecule has 0 radical (unpaired) electrons. The molecular weight excluding hydrogens is 248 g/mol. The van der Waals surface area contributed by atoms with Gasteiger partial charge in [0.05, 0.1) is 6.54 Å². The number of rotatable bonds is 5. The van der Waals surface area contributed by atoms with E-state index in [0.717, 1.165) is 18.1 Å². The third-order valence-corrected chi connectivity index (χ3v) is 3.06. The zero-order valence-corrected chi connectivity index (χ0v) is 11.1. The van der Waals surface area contributed by atoms with Gasteiger partial charge in [0.1, 0.15) is 18.2 Å². The second-order valence-electron chi connectivity index (χ2n) is 4.50. The summed E-state index contributed by atoms with van der Waals surface area (Å²) < 4.78 is 5.75. The van der Waals surface area contributed by atoms with Crippen LogP contribution < -0.4 is 10.1 Å². The van der Waals surface area contributed by atoms with E-state index in [1.807, 2.05) is 36.4 Å². The van der Waals surface area contributed by atoms with Gasteiger partial charge < -0.3 is 10.1 Å². The average molecular weight is 264 g/mol. The molecule has 0 aliphatic heterocycles. The van der Waals surface area contributed by atoms with Crippen molar-refractivity contribution in [1.29, 1.82) is 0 Å². The lowest BCUT2D eigenvalue weighted by Crippen LogP contribution is -2.12. The molecule has 2 aromatic carbocycles. The molecule has 0 atom stereocenters. The van der Waals surface area contributed by atoms with Crippen LogP contribution >= 0.6 is 0 Å². The van der Waals surface area contributed by atoms with Crippen molar-refractivity contribution in [2.24, 2.45) is 0 Å². The van der Waals surface area contributed by atoms with E-state index >= 15 is 0 Å². The fourth-order valence-electron chi connectivity index (χ4n) is 2.07. The minimum atomic E-state index is 0.606. The van der Waals surface area contributed by atoms with Crippen molar-refractivity contribution in [3.05, 3.63) is 66.9 Å². The Labute approximate surface area is 118 Å². The molecule has 20 heavy (non-hydrogen) atoms. The average Bonchev–Trinajstić information content (AvgIpc) is 2.52. The molecule has 1 N–H and O–H groups in total. The lowest BCUT2D eigenvalue weighted by Gasteiger charge is -2.08. The van der Waals surface area contributed by atoms with E-state index in [-0.39, 0.29) is 0 Å². The SMILES string of the molecule is c1ccc(NCCOc2ccc3ccccc3c2)nc1. The predicted molar refractivity (Wildman–Crippen MR) is 82.2 cm³/mol. The van der Waals surface area contributed by atoms with Crippen molar-refractivity contribution in [3.8, 4) is 5.75 Å². The highest BCUT2D eigenvalue weighted by Gasteiger charge is 1.97. The summed E-state index contributed by atoms with van der Waals surface area (Å²) in [6.45, 7) is 1.33. The number of aromatic nitrogens is 1. The first-order valence-electron chi connectivity index (χ1n) is 6.68. The molecule has 0 spiro atoms. The molecule has 0 unspecified atom stereocenters. The second-order valence-corrected chi connectivity index (χ2v) is 4.50. The molecule has 3 aromatic rings. The molecule has 100 valence electrons. The summed E-state index contributed by atoms with van der Waals surface area (Å²) >= 11 is 0. The van der Waals surface area contributed by atoms with Crippen molar-refractivity contribution in [1.82, 2.24) is 4.98 Å². The molecule has 0 saturated heterocycles. The zero-order valence-electron chi connectivity index (χ0n) is 11.1. The third kappa shape index (κ3) is 3.06. The van der Waals surface area contributed by atoms with Crippen LogP contribution in [-0.2, 0) is 0 Å². The van der Waals surface area contributed by atoms with Crippen molar-refractivity contribution >= 4 is 16.6 Å². The molecular formula is C17H16N2O. The number of pyridine rings is 1. The zero-order chi connectivity index (χ0) is 13.6. The molecule has 0 fully saturated rings. The molecule has 0 aliphatic carbocycles. The summed E-state index contributed by atoms with van der Waals surface area (Å²) in [4.78, 5) is 4.20. The van der Waals surface area contributed by atoms with Gasteiger partial charge in [-0.25, -0.2) is 4.98 Å². The maximum Gasteiger partial charge on any atom is 0.125 e. The fraction of sp³-hybridized carbons (Fsp3) is 0.118. The number of benzene rings is 2. The van der Waals surface area contributed by atoms with Crippen molar-refractivity contribution < 1.29 is 4.74 Å². The van der Waals surface area contributed by atoms with Gasteiger partial charge in [-0.1, -0.05) is 36.4 Å². The van der Waals surface area contributed by atoms with E-state index in [2.05, 4.69) is 34.6 Å². The third-order valence-electron chi connectivity index (χ3n) is 3.06. The number of hydrogen-bond acceptors (Lipinski definition) is 3. The highest BCUT2D eigenvalue weighted by atomic mass is 16.5. The van der Waals surface area contributed by atoms with Crippen LogP contribution in [0, 0.1) is 0 Å². The van der Waals surface area contributed by atoms with Crippen molar-refractivity contribution in [2.45, 2.75) is 0 Å². The Bertz CT molecular complexity index is 683. The lowest BCUT2D eigenvalue weighted by atomic mass is 10.1. The first-order valence-corrected chi connectivity index (χ1v) is 6.68. The van der Waals surface area contributed by atoms with Gasteiger partial charge in [0.15, 0.2) is 0 Å². The predicted octanol–water partition coefficient (Wildman–Crippen LogP) is 3.73. The van der Waals surface area contributed by atoms with Gasteiger partial charge in [-0.3, -0.25) is 0 Å². The maximum atomic E-state index is 5.75. The molecule has 0 aliphatic rings. The van der Waals surface area contributed by atoms with E-state index in [9.17, 15) is 0 Å². The van der Waals surface area contributed by atoms with Gasteiger partial charge in [0.2, 0.25) is 0 Å². The Hall–Kier alpha value is -2.55. The van der Waals surface area contributed by atoms with Crippen molar-refractivity contribution in [2.75, 3.05) is 18.5 Å². The number of ether oxygens (including phenoxy) is 1. The summed E-state index contributed by atoms with van der Waals surface area (Å²) in [6.07, 6.45) is 1.77. The second kappa shape index (κ2) is 6.06. The quantitative estimate of drug-likeness (QED) is 0.713. The number of hydrogen-bond donors (Lipinski definition) is 1. The number of nitrogens with zero attached hydrogens (tertiary/aromatic N) is 1. The number of anilines is 1. The maximum absolute atomic E-state index is 5.75. The Kier molecular flexibility index (Phi) is 3.78. The Morgan fingerprint density at radius 1 is 0.900 bits per heavy atom. The molecule has 0 bridgehead atoms. The number of fused-ring (bicyclic) bond motifs is 1. The van der Waals surface area contributed by atoms with Crippen LogP contribution in [0.3, 0.4) is 0 Å². The Morgan fingerprint density at radius 3 is 2.60 bits per heavy atom. The lowest BCUT2D eigenvalue weighted by molar-refractivity contribution is 0.333. The van der Waals surface area contributed by atoms with E-state index in [4.69, 9.17) is 4.74 Å². The van der Waals surface area contributed by atoms with E-state index in [0.29, 0.717) is 6.61 Å². The fourth-order valence-corrected chi connectivity index (χ4v) is 2.07. The summed E-state index contributed by atoms with van der Waals surface area (Å²) in [7, 11) is 0. The standard InChI is InChI=1S/C17H16N2O/c1-2-6-15-13-16(9-8-14(15)5-1)20-12-11-19-17-7-3-4-10-18-17/h1-10,13H,11-12H2,(H,18,19). The smallest absolute Gasteiger partial charge is 0.125 e. The summed E-state index contributed by atoms with van der Waals surface area (Å²) in [5.74, 6) is 1.76. The Balaban J connectivity index is 1.55. The molecule has 0 amide bonds. The van der Waals surface area contributed by atoms with Gasteiger partial charge in [0, 0.05) is 6.20 Å². The van der Waals surface area contributed by atoms with Crippen LogP contribution in [0.15, 0.2) is 66.9 Å². The van der Waals surface area contributed by atoms with Crippen LogP contribution in [0.4, 0.5) is 5.82 Å². The molecule has 1 aromatic heterocycles. The van der Waals surface area contributed by atoms with E-state index in [1.54, 1.807) is 6.20 Å². The molecule has 3 heteroatoms. The largest absolute Gasteiger partial charge is 0.492 e. The Morgan fingerprint density at radius 2 is 1.75 bits per heavy atom. The number of nitrogens with one attached hydrogen (secondary N) is 1. The van der Waals surface area contributed by atoms with Crippen LogP contribution in [0.25, 0.3) is 10.8 Å². The molecule has 0 saturated carbocycles. The van der Waals surface area contributed by atoms with Gasteiger partial charge in [-0.2, -0.15) is 0 Å². The first kappa shape index (κ1) is 12.5. The van der Waals surface area contributed by atoms with Gasteiger partial charge in [0.25, 0.3) is 0 Å². The molecule has 3 nitrogen and oxygen atoms in total. The van der Waals surface area contributed by atoms with E-state index in [1.165, 1.54) is 10.8 Å².